The van der Waals surface area contributed by atoms with E-state index in [0.717, 1.165) is 36.7 Å². The molecule has 25 heavy (non-hydrogen) atoms. The number of aromatic nitrogens is 3. The van der Waals surface area contributed by atoms with Crippen molar-refractivity contribution in [3.8, 4) is 0 Å². The van der Waals surface area contributed by atoms with Crippen LogP contribution in [0.25, 0.3) is 0 Å². The van der Waals surface area contributed by atoms with Crippen LogP contribution < -0.4 is 0 Å². The van der Waals surface area contributed by atoms with E-state index >= 15 is 0 Å². The van der Waals surface area contributed by atoms with E-state index in [4.69, 9.17) is 0 Å². The third kappa shape index (κ3) is 5.64. The Labute approximate surface area is 150 Å². The van der Waals surface area contributed by atoms with E-state index in [-0.39, 0.29) is 5.16 Å². The molecule has 1 rings (SSSR count). The van der Waals surface area contributed by atoms with E-state index < -0.39 is 16.1 Å². The van der Waals surface area contributed by atoms with Crippen LogP contribution in [0.5, 0.6) is 0 Å². The van der Waals surface area contributed by atoms with Crippen LogP contribution in [0, 0.1) is 0 Å². The van der Waals surface area contributed by atoms with E-state index in [9.17, 15) is 13.2 Å². The molecule has 1 aromatic heterocycles. The van der Waals surface area contributed by atoms with Crippen molar-refractivity contribution in [2.45, 2.75) is 51.6 Å². The predicted octanol–water partition coefficient (Wildman–Crippen LogP) is 2.35. The molecule has 0 aromatic carbocycles. The molecule has 1 aromatic rings. The topological polar surface area (TPSA) is 88.4 Å². The summed E-state index contributed by atoms with van der Waals surface area (Å²) in [4.78, 5) is 18.0. The second-order valence-electron chi connectivity index (χ2n) is 5.64. The van der Waals surface area contributed by atoms with Gasteiger partial charge in [0.2, 0.25) is 0 Å². The minimum atomic E-state index is -3.78. The SMILES string of the molecule is C=CCN(CCCCCC)C(=O)n1cnc(S(=O)(=O)N(CC)CC)n1. The van der Waals surface area contributed by atoms with Crippen LogP contribution in [0.2, 0.25) is 0 Å². The van der Waals surface area contributed by atoms with Gasteiger partial charge in [-0.2, -0.15) is 8.99 Å². The number of amides is 1. The number of carbonyl (C=O) groups is 1. The van der Waals surface area contributed by atoms with Gasteiger partial charge in [0.15, 0.2) is 0 Å². The molecular weight excluding hydrogens is 342 g/mol. The lowest BCUT2D eigenvalue weighted by atomic mass is 10.2. The van der Waals surface area contributed by atoms with Crippen LogP contribution in [0.3, 0.4) is 0 Å². The maximum Gasteiger partial charge on any atom is 0.346 e. The van der Waals surface area contributed by atoms with Gasteiger partial charge in [0.1, 0.15) is 6.33 Å². The summed E-state index contributed by atoms with van der Waals surface area (Å²) in [5, 5.41) is 3.54. The Morgan fingerprint density at radius 1 is 1.24 bits per heavy atom. The fourth-order valence-electron chi connectivity index (χ4n) is 2.43. The standard InChI is InChI=1S/C16H29N5O3S/c1-5-9-10-11-13-19(12-6-2)16(22)21-14-17-15(18-21)25(23,24)20(7-3)8-4/h6,14H,2,5,7-13H2,1,3-4H3. The number of hydrogen-bond acceptors (Lipinski definition) is 5. The van der Waals surface area contributed by atoms with Gasteiger partial charge >= 0.3 is 6.03 Å². The maximum atomic E-state index is 12.6. The lowest BCUT2D eigenvalue weighted by molar-refractivity contribution is 0.200. The maximum absolute atomic E-state index is 12.6. The second kappa shape index (κ2) is 10.3. The minimum Gasteiger partial charge on any atom is -0.319 e. The third-order valence-corrected chi connectivity index (χ3v) is 5.69. The monoisotopic (exact) mass is 371 g/mol. The summed E-state index contributed by atoms with van der Waals surface area (Å²) in [6.45, 7) is 10.9. The van der Waals surface area contributed by atoms with Crippen molar-refractivity contribution >= 4 is 16.1 Å². The number of sulfonamides is 1. The van der Waals surface area contributed by atoms with Crippen molar-refractivity contribution in [1.29, 1.82) is 0 Å². The Hall–Kier alpha value is -1.74. The summed E-state index contributed by atoms with van der Waals surface area (Å²) in [6, 6.07) is -0.398. The van der Waals surface area contributed by atoms with E-state index in [2.05, 4.69) is 23.6 Å². The highest BCUT2D eigenvalue weighted by Gasteiger charge is 2.27. The number of nitrogens with zero attached hydrogens (tertiary/aromatic N) is 5. The summed E-state index contributed by atoms with van der Waals surface area (Å²) >= 11 is 0. The molecule has 0 saturated carbocycles. The van der Waals surface area contributed by atoms with Gasteiger partial charge in [-0.1, -0.05) is 46.1 Å². The molecule has 8 nitrogen and oxygen atoms in total. The van der Waals surface area contributed by atoms with Crippen molar-refractivity contribution in [3.05, 3.63) is 19.0 Å². The van der Waals surface area contributed by atoms with Gasteiger partial charge < -0.3 is 4.90 Å². The zero-order chi connectivity index (χ0) is 18.9. The lowest BCUT2D eigenvalue weighted by Gasteiger charge is -2.20. The Morgan fingerprint density at radius 2 is 1.92 bits per heavy atom. The molecule has 0 aliphatic carbocycles. The molecule has 0 N–H and O–H groups in total. The molecule has 0 aliphatic rings. The molecule has 9 heteroatoms. The van der Waals surface area contributed by atoms with E-state index in [1.165, 1.54) is 4.31 Å². The van der Waals surface area contributed by atoms with Gasteiger partial charge in [-0.3, -0.25) is 0 Å². The number of hydrogen-bond donors (Lipinski definition) is 0. The first kappa shape index (κ1) is 21.3. The summed E-state index contributed by atoms with van der Waals surface area (Å²) in [7, 11) is -3.78. The molecule has 0 saturated heterocycles. The van der Waals surface area contributed by atoms with Crippen LogP contribution in [-0.4, -0.2) is 64.6 Å². The summed E-state index contributed by atoms with van der Waals surface area (Å²) in [6.07, 6.45) is 6.95. The first-order chi connectivity index (χ1) is 11.9. The highest BCUT2D eigenvalue weighted by Crippen LogP contribution is 2.11. The molecule has 0 unspecified atom stereocenters. The van der Waals surface area contributed by atoms with Gasteiger partial charge in [-0.05, 0) is 6.42 Å². The zero-order valence-electron chi connectivity index (χ0n) is 15.4. The van der Waals surface area contributed by atoms with E-state index in [1.54, 1.807) is 24.8 Å². The van der Waals surface area contributed by atoms with Crippen molar-refractivity contribution in [3.63, 3.8) is 0 Å². The van der Waals surface area contributed by atoms with E-state index in [1.807, 2.05) is 0 Å². The first-order valence-electron chi connectivity index (χ1n) is 8.74. The average molecular weight is 372 g/mol. The van der Waals surface area contributed by atoms with Crippen LogP contribution in [-0.2, 0) is 10.0 Å². The second-order valence-corrected chi connectivity index (χ2v) is 7.47. The normalized spacial score (nSPS) is 11.7. The van der Waals surface area contributed by atoms with Gasteiger partial charge in [-0.25, -0.2) is 18.2 Å². The highest BCUT2D eigenvalue weighted by molar-refractivity contribution is 7.88. The largest absolute Gasteiger partial charge is 0.346 e. The predicted molar refractivity (Wildman–Crippen MR) is 96.8 cm³/mol. The Balaban J connectivity index is 2.90. The van der Waals surface area contributed by atoms with Gasteiger partial charge in [0, 0.05) is 26.2 Å². The van der Waals surface area contributed by atoms with Crippen molar-refractivity contribution in [2.24, 2.45) is 0 Å². The van der Waals surface area contributed by atoms with Crippen LogP contribution in [0.15, 0.2) is 24.1 Å². The highest BCUT2D eigenvalue weighted by atomic mass is 32.2. The average Bonchev–Trinajstić information content (AvgIpc) is 3.09. The summed E-state index contributed by atoms with van der Waals surface area (Å²) in [5.41, 5.74) is 0. The molecule has 0 bridgehead atoms. The summed E-state index contributed by atoms with van der Waals surface area (Å²) in [5.74, 6) is 0. The van der Waals surface area contributed by atoms with Crippen LogP contribution in [0.1, 0.15) is 46.5 Å². The van der Waals surface area contributed by atoms with Crippen molar-refractivity contribution in [2.75, 3.05) is 26.2 Å². The zero-order valence-corrected chi connectivity index (χ0v) is 16.2. The van der Waals surface area contributed by atoms with Gasteiger partial charge in [-0.15, -0.1) is 11.7 Å². The fraction of sp³-hybridized carbons (Fsp3) is 0.688. The molecule has 0 aliphatic heterocycles. The first-order valence-corrected chi connectivity index (χ1v) is 10.2. The number of unbranched alkanes of at least 4 members (excludes halogenated alkanes) is 3. The molecular formula is C16H29N5O3S. The van der Waals surface area contributed by atoms with Crippen molar-refractivity contribution in [1.82, 2.24) is 24.0 Å². The third-order valence-electron chi connectivity index (χ3n) is 3.84. The summed E-state index contributed by atoms with van der Waals surface area (Å²) < 4.78 is 27.1. The molecule has 0 radical (unpaired) electrons. The number of carbonyl (C=O) groups excluding carboxylic acids is 1. The molecule has 0 atom stereocenters. The molecule has 0 fully saturated rings. The molecule has 0 spiro atoms. The Bertz CT molecular complexity index is 652. The minimum absolute atomic E-state index is 0.321. The van der Waals surface area contributed by atoms with Crippen LogP contribution in [0.4, 0.5) is 4.79 Å². The van der Waals surface area contributed by atoms with E-state index in [0.29, 0.717) is 26.2 Å². The molecule has 142 valence electrons. The Morgan fingerprint density at radius 3 is 2.48 bits per heavy atom. The molecule has 1 heterocycles. The quantitative estimate of drug-likeness (QED) is 0.440. The van der Waals surface area contributed by atoms with Gasteiger partial charge in [0.25, 0.3) is 15.2 Å². The lowest BCUT2D eigenvalue weighted by Crippen LogP contribution is -2.36. The Kier molecular flexibility index (Phi) is 8.77. The smallest absolute Gasteiger partial charge is 0.319 e. The van der Waals surface area contributed by atoms with Crippen molar-refractivity contribution < 1.29 is 13.2 Å². The van der Waals surface area contributed by atoms with Crippen LogP contribution >= 0.6 is 0 Å². The molecule has 1 amide bonds. The number of rotatable bonds is 11. The van der Waals surface area contributed by atoms with Gasteiger partial charge in [0.05, 0.1) is 0 Å². The fourth-order valence-corrected chi connectivity index (χ4v) is 3.71.